The van der Waals surface area contributed by atoms with Gasteiger partial charge in [-0.05, 0) is 41.9 Å². The average Bonchev–Trinajstić information content (AvgIpc) is 2.70. The summed E-state index contributed by atoms with van der Waals surface area (Å²) in [6.07, 6.45) is 3.09. The minimum atomic E-state index is -0.472. The first kappa shape index (κ1) is 25.0. The van der Waals surface area contributed by atoms with E-state index in [-0.39, 0.29) is 22.4 Å². The summed E-state index contributed by atoms with van der Waals surface area (Å²) in [5.74, 6) is 2.34. The Morgan fingerprint density at radius 3 is 1.91 bits per heavy atom. The molecule has 0 unspecified atom stereocenters. The molecule has 0 atom stereocenters. The Kier molecular flexibility index (Phi) is 6.75. The van der Waals surface area contributed by atoms with Gasteiger partial charge in [-0.2, -0.15) is 0 Å². The van der Waals surface area contributed by atoms with E-state index >= 15 is 0 Å². The molecule has 0 amide bonds. The molecule has 0 spiro atoms. The van der Waals surface area contributed by atoms with Crippen molar-refractivity contribution in [2.24, 2.45) is 10.8 Å². The molecular weight excluding hydrogens is 496 g/mol. The van der Waals surface area contributed by atoms with Crippen molar-refractivity contribution in [2.75, 3.05) is 13.2 Å². The highest BCUT2D eigenvalue weighted by atomic mass is 79.9. The molecule has 34 heavy (non-hydrogen) atoms. The SMILES string of the molecule is CCCOc1cc(Br)c(C2C3=C(CC(C)(C)CC3=O)OC3=C2C(=O)CC(C)(C)C3)cc1OCC. The van der Waals surface area contributed by atoms with Crippen molar-refractivity contribution in [3.63, 3.8) is 0 Å². The van der Waals surface area contributed by atoms with Crippen LogP contribution in [-0.2, 0) is 14.3 Å². The first-order valence-corrected chi connectivity index (χ1v) is 13.0. The van der Waals surface area contributed by atoms with Gasteiger partial charge in [-0.1, -0.05) is 50.5 Å². The van der Waals surface area contributed by atoms with Gasteiger partial charge >= 0.3 is 0 Å². The van der Waals surface area contributed by atoms with E-state index in [4.69, 9.17) is 14.2 Å². The minimum absolute atomic E-state index is 0.0524. The predicted molar refractivity (Wildman–Crippen MR) is 135 cm³/mol. The molecule has 6 heteroatoms. The lowest BCUT2D eigenvalue weighted by atomic mass is 9.65. The molecular formula is C28H35BrO5. The van der Waals surface area contributed by atoms with Gasteiger partial charge in [-0.15, -0.1) is 0 Å². The fourth-order valence-corrected chi connectivity index (χ4v) is 5.90. The van der Waals surface area contributed by atoms with Gasteiger partial charge in [-0.25, -0.2) is 0 Å². The maximum absolute atomic E-state index is 13.5. The molecule has 2 aliphatic carbocycles. The van der Waals surface area contributed by atoms with Gasteiger partial charge in [0.25, 0.3) is 0 Å². The van der Waals surface area contributed by atoms with E-state index in [1.807, 2.05) is 19.1 Å². The molecule has 3 aliphatic rings. The van der Waals surface area contributed by atoms with Crippen LogP contribution in [0.1, 0.15) is 85.1 Å². The highest BCUT2D eigenvalue weighted by molar-refractivity contribution is 9.10. The number of ketones is 2. The Labute approximate surface area is 211 Å². The van der Waals surface area contributed by atoms with E-state index in [1.54, 1.807) is 0 Å². The van der Waals surface area contributed by atoms with Crippen molar-refractivity contribution in [3.8, 4) is 11.5 Å². The van der Waals surface area contributed by atoms with E-state index in [9.17, 15) is 9.59 Å². The first-order chi connectivity index (χ1) is 16.0. The molecule has 1 aromatic rings. The first-order valence-electron chi connectivity index (χ1n) is 12.3. The van der Waals surface area contributed by atoms with E-state index < -0.39 is 5.92 Å². The van der Waals surface area contributed by atoms with Gasteiger partial charge in [0.1, 0.15) is 11.5 Å². The lowest BCUT2D eigenvalue weighted by Gasteiger charge is -2.43. The van der Waals surface area contributed by atoms with Crippen molar-refractivity contribution >= 4 is 27.5 Å². The Bertz CT molecular complexity index is 1040. The molecule has 0 bridgehead atoms. The zero-order valence-corrected chi connectivity index (χ0v) is 22.7. The molecule has 0 saturated carbocycles. The van der Waals surface area contributed by atoms with E-state index in [1.165, 1.54) is 0 Å². The fourth-order valence-electron chi connectivity index (χ4n) is 5.35. The molecule has 4 rings (SSSR count). The third-order valence-electron chi connectivity index (χ3n) is 6.72. The molecule has 0 N–H and O–H groups in total. The van der Waals surface area contributed by atoms with Crippen LogP contribution in [-0.4, -0.2) is 24.8 Å². The summed E-state index contributed by atoms with van der Waals surface area (Å²) < 4.78 is 19.1. The van der Waals surface area contributed by atoms with Crippen LogP contribution in [0.25, 0.3) is 0 Å². The number of benzene rings is 1. The number of rotatable bonds is 6. The number of hydrogen-bond acceptors (Lipinski definition) is 5. The number of carbonyl (C=O) groups excluding carboxylic acids is 2. The smallest absolute Gasteiger partial charge is 0.163 e. The Morgan fingerprint density at radius 1 is 0.882 bits per heavy atom. The van der Waals surface area contributed by atoms with Gasteiger partial charge in [0, 0.05) is 47.2 Å². The second-order valence-corrected chi connectivity index (χ2v) is 12.0. The maximum atomic E-state index is 13.5. The van der Waals surface area contributed by atoms with Crippen LogP contribution >= 0.6 is 15.9 Å². The minimum Gasteiger partial charge on any atom is -0.490 e. The third-order valence-corrected chi connectivity index (χ3v) is 7.40. The summed E-state index contributed by atoms with van der Waals surface area (Å²) in [6, 6.07) is 3.84. The maximum Gasteiger partial charge on any atom is 0.163 e. The molecule has 0 aromatic heterocycles. The molecule has 0 saturated heterocycles. The van der Waals surface area contributed by atoms with Crippen molar-refractivity contribution in [1.82, 2.24) is 0 Å². The molecule has 184 valence electrons. The van der Waals surface area contributed by atoms with Crippen molar-refractivity contribution < 1.29 is 23.8 Å². The summed E-state index contributed by atoms with van der Waals surface area (Å²) in [5, 5.41) is 0. The van der Waals surface area contributed by atoms with Crippen molar-refractivity contribution in [2.45, 2.75) is 79.6 Å². The largest absolute Gasteiger partial charge is 0.490 e. The fraction of sp³-hybridized carbons (Fsp3) is 0.571. The molecule has 5 nitrogen and oxygen atoms in total. The lowest BCUT2D eigenvalue weighted by Crippen LogP contribution is -2.37. The lowest BCUT2D eigenvalue weighted by molar-refractivity contribution is -0.120. The number of allylic oxidation sites excluding steroid dienone is 4. The van der Waals surface area contributed by atoms with Crippen LogP contribution in [0.4, 0.5) is 0 Å². The molecule has 1 aliphatic heterocycles. The standard InChI is InChI=1S/C28H35BrO5/c1-7-9-33-21-11-17(29)16(10-20(21)32-8-2)24-25-18(30)12-27(3,4)14-22(25)34-23-15-28(5,6)13-19(31)26(23)24/h10-11,24H,7-9,12-15H2,1-6H3. The molecule has 0 fully saturated rings. The van der Waals surface area contributed by atoms with Crippen LogP contribution in [0, 0.1) is 10.8 Å². The monoisotopic (exact) mass is 530 g/mol. The number of hydrogen-bond donors (Lipinski definition) is 0. The summed E-state index contributed by atoms with van der Waals surface area (Å²) in [5.41, 5.74) is 1.72. The normalized spacial score (nSPS) is 21.7. The zero-order valence-electron chi connectivity index (χ0n) is 21.1. The van der Waals surface area contributed by atoms with Gasteiger partial charge in [-0.3, -0.25) is 9.59 Å². The second kappa shape index (κ2) is 9.18. The highest BCUT2D eigenvalue weighted by Crippen LogP contribution is 2.55. The van der Waals surface area contributed by atoms with Gasteiger partial charge < -0.3 is 14.2 Å². The predicted octanol–water partition coefficient (Wildman–Crippen LogP) is 7.04. The highest BCUT2D eigenvalue weighted by Gasteiger charge is 2.48. The van der Waals surface area contributed by atoms with E-state index in [0.29, 0.717) is 73.1 Å². The summed E-state index contributed by atoms with van der Waals surface area (Å²) in [6.45, 7) is 13.4. The van der Waals surface area contributed by atoms with Gasteiger partial charge in [0.15, 0.2) is 23.1 Å². The number of halogens is 1. The average molecular weight is 531 g/mol. The quantitative estimate of drug-likeness (QED) is 0.394. The summed E-state index contributed by atoms with van der Waals surface area (Å²) in [7, 11) is 0. The van der Waals surface area contributed by atoms with Crippen LogP contribution < -0.4 is 9.47 Å². The number of ether oxygens (including phenoxy) is 3. The topological polar surface area (TPSA) is 61.8 Å². The second-order valence-electron chi connectivity index (χ2n) is 11.2. The van der Waals surface area contributed by atoms with Gasteiger partial charge in [0.2, 0.25) is 0 Å². The summed E-state index contributed by atoms with van der Waals surface area (Å²) >= 11 is 3.73. The van der Waals surface area contributed by atoms with Crippen molar-refractivity contribution in [3.05, 3.63) is 44.8 Å². The van der Waals surface area contributed by atoms with Crippen LogP contribution in [0.15, 0.2) is 39.3 Å². The molecule has 1 heterocycles. The summed E-state index contributed by atoms with van der Waals surface area (Å²) in [4.78, 5) is 27.0. The Balaban J connectivity index is 1.92. The van der Waals surface area contributed by atoms with Crippen LogP contribution in [0.5, 0.6) is 11.5 Å². The van der Waals surface area contributed by atoms with E-state index in [2.05, 4.69) is 50.5 Å². The van der Waals surface area contributed by atoms with Gasteiger partial charge in [0.05, 0.1) is 13.2 Å². The van der Waals surface area contributed by atoms with E-state index in [0.717, 1.165) is 16.5 Å². The molecule has 0 radical (unpaired) electrons. The van der Waals surface area contributed by atoms with Crippen LogP contribution in [0.2, 0.25) is 0 Å². The molecule has 1 aromatic carbocycles. The Morgan fingerprint density at radius 2 is 1.41 bits per heavy atom. The van der Waals surface area contributed by atoms with Crippen LogP contribution in [0.3, 0.4) is 0 Å². The Hall–Kier alpha value is -2.08. The zero-order chi connectivity index (χ0) is 24.8. The number of Topliss-reactive ketones (excluding diaryl/α,β-unsaturated/α-hetero) is 2. The third kappa shape index (κ3) is 4.71. The number of carbonyl (C=O) groups is 2. The van der Waals surface area contributed by atoms with Crippen molar-refractivity contribution in [1.29, 1.82) is 0 Å².